The zero-order chi connectivity index (χ0) is 17.6. The van der Waals surface area contributed by atoms with Gasteiger partial charge in [0.2, 0.25) is 0 Å². The van der Waals surface area contributed by atoms with Gasteiger partial charge in [-0.2, -0.15) is 10.4 Å². The minimum atomic E-state index is -4.77. The zero-order valence-corrected chi connectivity index (χ0v) is 13.3. The van der Waals surface area contributed by atoms with Crippen molar-refractivity contribution < 1.29 is 17.9 Å². The Hall–Kier alpha value is -2.49. The molecule has 0 unspecified atom stereocenters. The summed E-state index contributed by atoms with van der Waals surface area (Å²) in [5.74, 6) is -0.354. The number of ether oxygens (including phenoxy) is 1. The monoisotopic (exact) mass is 337 g/mol. The van der Waals surface area contributed by atoms with Gasteiger partial charge in [-0.05, 0) is 24.6 Å². The van der Waals surface area contributed by atoms with E-state index in [1.165, 1.54) is 12.1 Å². The molecule has 0 saturated heterocycles. The van der Waals surface area contributed by atoms with Crippen LogP contribution in [0.4, 0.5) is 13.2 Å². The molecule has 1 heterocycles. The molecular formula is C17H18F3N3O. The van der Waals surface area contributed by atoms with Crippen molar-refractivity contribution in [3.63, 3.8) is 0 Å². The number of nitrogens with zero attached hydrogens (tertiary/aromatic N) is 3. The Morgan fingerprint density at radius 3 is 2.71 bits per heavy atom. The quantitative estimate of drug-likeness (QED) is 0.675. The first kappa shape index (κ1) is 17.9. The second-order valence-electron chi connectivity index (χ2n) is 5.42. The zero-order valence-electron chi connectivity index (χ0n) is 13.3. The molecule has 0 amide bonds. The smallest absolute Gasteiger partial charge is 0.406 e. The third kappa shape index (κ3) is 5.01. The molecule has 4 nitrogen and oxygen atoms in total. The van der Waals surface area contributed by atoms with Gasteiger partial charge in [-0.25, -0.2) is 0 Å². The minimum absolute atomic E-state index is 0.273. The van der Waals surface area contributed by atoms with Gasteiger partial charge in [0, 0.05) is 23.9 Å². The van der Waals surface area contributed by atoms with Gasteiger partial charge in [0.25, 0.3) is 0 Å². The lowest BCUT2D eigenvalue weighted by molar-refractivity contribution is -0.274. The normalized spacial score (nSPS) is 11.3. The van der Waals surface area contributed by atoms with E-state index >= 15 is 0 Å². The number of hydrogen-bond acceptors (Lipinski definition) is 3. The molecule has 2 aromatic rings. The number of unbranched alkanes of at least 4 members (excludes halogenated alkanes) is 3. The van der Waals surface area contributed by atoms with Crippen molar-refractivity contribution in [1.82, 2.24) is 9.78 Å². The first-order chi connectivity index (χ1) is 11.4. The SMILES string of the molecule is CCCCCCn1cc(-c2cc(OC(F)(F)F)ccc2C#N)cn1. The molecule has 1 aromatic heterocycles. The number of halogens is 3. The molecule has 0 saturated carbocycles. The Kier molecular flexibility index (Phi) is 5.85. The summed E-state index contributed by atoms with van der Waals surface area (Å²) >= 11 is 0. The summed E-state index contributed by atoms with van der Waals surface area (Å²) in [4.78, 5) is 0. The Labute approximate surface area is 138 Å². The maximum Gasteiger partial charge on any atom is 0.573 e. The van der Waals surface area contributed by atoms with Crippen molar-refractivity contribution >= 4 is 0 Å². The molecule has 7 heteroatoms. The van der Waals surface area contributed by atoms with Crippen molar-refractivity contribution in [3.8, 4) is 22.9 Å². The number of nitriles is 1. The van der Waals surface area contributed by atoms with Crippen LogP contribution in [0.1, 0.15) is 38.2 Å². The molecule has 0 fully saturated rings. The van der Waals surface area contributed by atoms with Crippen molar-refractivity contribution in [2.24, 2.45) is 0 Å². The van der Waals surface area contributed by atoms with E-state index in [2.05, 4.69) is 16.8 Å². The second kappa shape index (κ2) is 7.86. The molecule has 0 aliphatic carbocycles. The molecule has 0 spiro atoms. The highest BCUT2D eigenvalue weighted by atomic mass is 19.4. The summed E-state index contributed by atoms with van der Waals surface area (Å²) in [7, 11) is 0. The average molecular weight is 337 g/mol. The lowest BCUT2D eigenvalue weighted by Gasteiger charge is -2.10. The van der Waals surface area contributed by atoms with E-state index in [0.29, 0.717) is 11.1 Å². The largest absolute Gasteiger partial charge is 0.573 e. The van der Waals surface area contributed by atoms with Crippen LogP contribution in [0.2, 0.25) is 0 Å². The summed E-state index contributed by atoms with van der Waals surface area (Å²) in [6.45, 7) is 2.87. The number of hydrogen-bond donors (Lipinski definition) is 0. The predicted octanol–water partition coefficient (Wildman–Crippen LogP) is 4.90. The maximum atomic E-state index is 12.4. The lowest BCUT2D eigenvalue weighted by Crippen LogP contribution is -2.17. The summed E-state index contributed by atoms with van der Waals surface area (Å²) in [5.41, 5.74) is 1.24. The van der Waals surface area contributed by atoms with Crippen LogP contribution in [0.15, 0.2) is 30.6 Å². The highest BCUT2D eigenvalue weighted by molar-refractivity contribution is 5.71. The van der Waals surface area contributed by atoms with Gasteiger partial charge in [-0.3, -0.25) is 4.68 Å². The summed E-state index contributed by atoms with van der Waals surface area (Å²) in [6, 6.07) is 5.64. The van der Waals surface area contributed by atoms with Crippen LogP contribution in [-0.4, -0.2) is 16.1 Å². The van der Waals surface area contributed by atoms with Gasteiger partial charge in [-0.1, -0.05) is 26.2 Å². The van der Waals surface area contributed by atoms with Crippen molar-refractivity contribution in [1.29, 1.82) is 5.26 Å². The minimum Gasteiger partial charge on any atom is -0.406 e. The van der Waals surface area contributed by atoms with E-state index in [4.69, 9.17) is 0 Å². The molecule has 2 rings (SSSR count). The Bertz CT molecular complexity index is 717. The molecule has 0 aliphatic heterocycles. The number of aromatic nitrogens is 2. The van der Waals surface area contributed by atoms with Crippen LogP contribution in [-0.2, 0) is 6.54 Å². The summed E-state index contributed by atoms with van der Waals surface area (Å²) in [5, 5.41) is 13.4. The number of alkyl halides is 3. The average Bonchev–Trinajstić information content (AvgIpc) is 2.99. The van der Waals surface area contributed by atoms with E-state index < -0.39 is 6.36 Å². The van der Waals surface area contributed by atoms with E-state index in [9.17, 15) is 18.4 Å². The maximum absolute atomic E-state index is 12.4. The Balaban J connectivity index is 2.19. The van der Waals surface area contributed by atoms with Gasteiger partial charge >= 0.3 is 6.36 Å². The fourth-order valence-electron chi connectivity index (χ4n) is 2.38. The van der Waals surface area contributed by atoms with Crippen LogP contribution in [0.3, 0.4) is 0 Å². The van der Waals surface area contributed by atoms with E-state index in [-0.39, 0.29) is 11.3 Å². The van der Waals surface area contributed by atoms with E-state index in [1.54, 1.807) is 17.1 Å². The number of aryl methyl sites for hydroxylation is 1. The molecule has 0 bridgehead atoms. The highest BCUT2D eigenvalue weighted by Crippen LogP contribution is 2.30. The highest BCUT2D eigenvalue weighted by Gasteiger charge is 2.31. The lowest BCUT2D eigenvalue weighted by atomic mass is 10.0. The Morgan fingerprint density at radius 1 is 1.25 bits per heavy atom. The van der Waals surface area contributed by atoms with Crippen molar-refractivity contribution in [2.45, 2.75) is 45.5 Å². The third-order valence-corrected chi connectivity index (χ3v) is 3.53. The van der Waals surface area contributed by atoms with E-state index in [0.717, 1.165) is 38.3 Å². The molecule has 1 aromatic carbocycles. The fraction of sp³-hybridized carbons (Fsp3) is 0.412. The number of rotatable bonds is 7. The molecule has 0 atom stereocenters. The van der Waals surface area contributed by atoms with E-state index in [1.807, 2.05) is 6.07 Å². The van der Waals surface area contributed by atoms with Gasteiger partial charge in [-0.15, -0.1) is 13.2 Å². The van der Waals surface area contributed by atoms with Gasteiger partial charge in [0.1, 0.15) is 5.75 Å². The van der Waals surface area contributed by atoms with Crippen molar-refractivity contribution in [3.05, 3.63) is 36.2 Å². The Morgan fingerprint density at radius 2 is 2.04 bits per heavy atom. The summed E-state index contributed by atoms with van der Waals surface area (Å²) in [6.07, 6.45) is 2.90. The molecule has 128 valence electrons. The molecular weight excluding hydrogens is 319 g/mol. The third-order valence-electron chi connectivity index (χ3n) is 3.53. The molecule has 0 radical (unpaired) electrons. The second-order valence-corrected chi connectivity index (χ2v) is 5.42. The standard InChI is InChI=1S/C17H18F3N3O/c1-2-3-4-5-8-23-12-14(11-22-23)16-9-15(24-17(18,19)20)7-6-13(16)10-21/h6-7,9,11-12H,2-5,8H2,1H3. The van der Waals surface area contributed by atoms with Gasteiger partial charge in [0.05, 0.1) is 17.8 Å². The molecule has 0 aliphatic rings. The van der Waals surface area contributed by atoms with Gasteiger partial charge < -0.3 is 4.74 Å². The van der Waals surface area contributed by atoms with Crippen LogP contribution in [0.25, 0.3) is 11.1 Å². The van der Waals surface area contributed by atoms with Crippen molar-refractivity contribution in [2.75, 3.05) is 0 Å². The number of benzene rings is 1. The molecule has 0 N–H and O–H groups in total. The van der Waals surface area contributed by atoms with Gasteiger partial charge in [0.15, 0.2) is 0 Å². The fourth-order valence-corrected chi connectivity index (χ4v) is 2.38. The predicted molar refractivity (Wildman–Crippen MR) is 83.2 cm³/mol. The summed E-state index contributed by atoms with van der Waals surface area (Å²) < 4.78 is 42.7. The van der Waals surface area contributed by atoms with Crippen LogP contribution < -0.4 is 4.74 Å². The molecule has 24 heavy (non-hydrogen) atoms. The van der Waals surface area contributed by atoms with Crippen LogP contribution in [0, 0.1) is 11.3 Å². The first-order valence-corrected chi connectivity index (χ1v) is 7.75. The topological polar surface area (TPSA) is 50.8 Å². The van der Waals surface area contributed by atoms with Crippen LogP contribution in [0.5, 0.6) is 5.75 Å². The van der Waals surface area contributed by atoms with Crippen LogP contribution >= 0.6 is 0 Å². The first-order valence-electron chi connectivity index (χ1n) is 7.75.